The van der Waals surface area contributed by atoms with Gasteiger partial charge in [-0.1, -0.05) is 20.4 Å². The first kappa shape index (κ1) is 26.1. The van der Waals surface area contributed by atoms with Crippen LogP contribution in [0.2, 0.25) is 0 Å². The molecule has 4 unspecified atom stereocenters. The lowest BCUT2D eigenvalue weighted by molar-refractivity contribution is -0.156. The molecule has 27 heavy (non-hydrogen) atoms. The number of hydrogen-bond acceptors (Lipinski definition) is 6. The van der Waals surface area contributed by atoms with E-state index >= 15 is 0 Å². The van der Waals surface area contributed by atoms with Gasteiger partial charge in [-0.05, 0) is 47.5 Å². The lowest BCUT2D eigenvalue weighted by atomic mass is 10.1. The minimum Gasteiger partial charge on any atom is -0.454 e. The summed E-state index contributed by atoms with van der Waals surface area (Å²) in [6, 6.07) is 0. The third-order valence-corrected chi connectivity index (χ3v) is 4.33. The van der Waals surface area contributed by atoms with E-state index in [1.807, 2.05) is 34.6 Å². The molecule has 6 heteroatoms. The Labute approximate surface area is 165 Å². The minimum absolute atomic E-state index is 0.102. The minimum atomic E-state index is -0.511. The lowest BCUT2D eigenvalue weighted by Crippen LogP contribution is -2.34. The van der Waals surface area contributed by atoms with Gasteiger partial charge in [0.2, 0.25) is 0 Å². The zero-order valence-corrected chi connectivity index (χ0v) is 18.3. The first-order valence-corrected chi connectivity index (χ1v) is 9.95. The van der Waals surface area contributed by atoms with Crippen molar-refractivity contribution in [2.75, 3.05) is 26.4 Å². The molecule has 160 valence electrons. The van der Waals surface area contributed by atoms with E-state index in [0.717, 1.165) is 18.9 Å². The number of esters is 1. The van der Waals surface area contributed by atoms with Crippen LogP contribution in [-0.2, 0) is 28.5 Å². The molecule has 0 fully saturated rings. The summed E-state index contributed by atoms with van der Waals surface area (Å²) in [6.45, 7) is 19.0. The van der Waals surface area contributed by atoms with Gasteiger partial charge in [0.25, 0.3) is 0 Å². The Hall–Kier alpha value is -0.950. The SMILES string of the molecule is C=CC(=O)OC(COC(C)COC(C)CC)COC(C)COC(C)(C)CC. The van der Waals surface area contributed by atoms with Crippen LogP contribution < -0.4 is 0 Å². The van der Waals surface area contributed by atoms with E-state index in [1.165, 1.54) is 0 Å². The first-order valence-electron chi connectivity index (χ1n) is 9.95. The number of hydrogen-bond donors (Lipinski definition) is 0. The molecular formula is C21H40O6. The Morgan fingerprint density at radius 1 is 0.926 bits per heavy atom. The van der Waals surface area contributed by atoms with Crippen LogP contribution in [0, 0.1) is 0 Å². The summed E-state index contributed by atoms with van der Waals surface area (Å²) in [5.41, 5.74) is -0.180. The molecule has 4 atom stereocenters. The smallest absolute Gasteiger partial charge is 0.330 e. The Morgan fingerprint density at radius 3 is 1.93 bits per heavy atom. The number of rotatable bonds is 16. The molecule has 0 rings (SSSR count). The molecule has 0 aromatic heterocycles. The topological polar surface area (TPSA) is 63.2 Å². The number of ether oxygens (including phenoxy) is 5. The van der Waals surface area contributed by atoms with Gasteiger partial charge in [-0.15, -0.1) is 0 Å². The molecule has 0 aliphatic heterocycles. The molecule has 0 spiro atoms. The maximum Gasteiger partial charge on any atom is 0.330 e. The van der Waals surface area contributed by atoms with Crippen molar-refractivity contribution in [3.63, 3.8) is 0 Å². The number of carbonyl (C=O) groups is 1. The van der Waals surface area contributed by atoms with Gasteiger partial charge in [0.15, 0.2) is 0 Å². The summed E-state index contributed by atoms with van der Waals surface area (Å²) in [4.78, 5) is 11.6. The average molecular weight is 389 g/mol. The molecule has 0 N–H and O–H groups in total. The maximum absolute atomic E-state index is 11.6. The Bertz CT molecular complexity index is 409. The Balaban J connectivity index is 4.38. The van der Waals surface area contributed by atoms with Gasteiger partial charge in [0, 0.05) is 6.08 Å². The van der Waals surface area contributed by atoms with Crippen molar-refractivity contribution < 1.29 is 28.5 Å². The van der Waals surface area contributed by atoms with Gasteiger partial charge < -0.3 is 23.7 Å². The van der Waals surface area contributed by atoms with Crippen LogP contribution >= 0.6 is 0 Å². The largest absolute Gasteiger partial charge is 0.454 e. The molecule has 0 aliphatic carbocycles. The van der Waals surface area contributed by atoms with Crippen molar-refractivity contribution in [1.29, 1.82) is 0 Å². The quantitative estimate of drug-likeness (QED) is 0.295. The van der Waals surface area contributed by atoms with E-state index < -0.39 is 12.1 Å². The molecule has 0 saturated heterocycles. The second kappa shape index (κ2) is 14.1. The highest BCUT2D eigenvalue weighted by molar-refractivity contribution is 5.81. The summed E-state index contributed by atoms with van der Waals surface area (Å²) < 4.78 is 28.4. The van der Waals surface area contributed by atoms with Crippen LogP contribution in [-0.4, -0.2) is 62.4 Å². The highest BCUT2D eigenvalue weighted by atomic mass is 16.6. The fourth-order valence-corrected chi connectivity index (χ4v) is 1.83. The molecule has 0 bridgehead atoms. The second-order valence-electron chi connectivity index (χ2n) is 7.53. The molecule has 0 amide bonds. The Morgan fingerprint density at radius 2 is 1.44 bits per heavy atom. The van der Waals surface area contributed by atoms with Crippen LogP contribution in [0.3, 0.4) is 0 Å². The lowest BCUT2D eigenvalue weighted by Gasteiger charge is -2.27. The second-order valence-corrected chi connectivity index (χ2v) is 7.53. The van der Waals surface area contributed by atoms with E-state index in [9.17, 15) is 4.79 Å². The first-order chi connectivity index (χ1) is 12.6. The standard InChI is InChI=1S/C21H40O6/c1-9-16(4)23-12-17(5)24-14-19(27-20(22)10-2)15-25-18(6)13-26-21(7,8)11-3/h10,16-19H,2,9,11-15H2,1,3-8H3. The van der Waals surface area contributed by atoms with Crippen LogP contribution in [0.4, 0.5) is 0 Å². The average Bonchev–Trinajstić information content (AvgIpc) is 2.66. The maximum atomic E-state index is 11.6. The highest BCUT2D eigenvalue weighted by Crippen LogP contribution is 2.14. The van der Waals surface area contributed by atoms with Crippen molar-refractivity contribution >= 4 is 5.97 Å². The fourth-order valence-electron chi connectivity index (χ4n) is 1.83. The summed E-state index contributed by atoms with van der Waals surface area (Å²) in [5.74, 6) is -0.494. The summed E-state index contributed by atoms with van der Waals surface area (Å²) in [7, 11) is 0. The normalized spacial score (nSPS) is 16.4. The summed E-state index contributed by atoms with van der Waals surface area (Å²) >= 11 is 0. The van der Waals surface area contributed by atoms with Crippen molar-refractivity contribution in [3.8, 4) is 0 Å². The molecule has 0 saturated carbocycles. The van der Waals surface area contributed by atoms with E-state index in [2.05, 4.69) is 20.4 Å². The third kappa shape index (κ3) is 13.8. The summed E-state index contributed by atoms with van der Waals surface area (Å²) in [6.07, 6.45) is 2.48. The van der Waals surface area contributed by atoms with Gasteiger partial charge in [0.05, 0.1) is 50.3 Å². The van der Waals surface area contributed by atoms with E-state index in [1.54, 1.807) is 0 Å². The summed E-state index contributed by atoms with van der Waals surface area (Å²) in [5, 5.41) is 0. The van der Waals surface area contributed by atoms with Crippen LogP contribution in [0.5, 0.6) is 0 Å². The predicted molar refractivity (Wildman–Crippen MR) is 107 cm³/mol. The van der Waals surface area contributed by atoms with Gasteiger partial charge in [-0.2, -0.15) is 0 Å². The van der Waals surface area contributed by atoms with E-state index in [4.69, 9.17) is 23.7 Å². The van der Waals surface area contributed by atoms with Gasteiger partial charge in [-0.3, -0.25) is 0 Å². The van der Waals surface area contributed by atoms with Gasteiger partial charge >= 0.3 is 5.97 Å². The van der Waals surface area contributed by atoms with E-state index in [-0.39, 0.29) is 37.1 Å². The molecule has 0 aromatic rings. The molecular weight excluding hydrogens is 348 g/mol. The van der Waals surface area contributed by atoms with Crippen molar-refractivity contribution in [1.82, 2.24) is 0 Å². The molecule has 0 aromatic carbocycles. The zero-order chi connectivity index (χ0) is 20.9. The van der Waals surface area contributed by atoms with Crippen molar-refractivity contribution in [2.24, 2.45) is 0 Å². The van der Waals surface area contributed by atoms with Crippen molar-refractivity contribution in [3.05, 3.63) is 12.7 Å². The van der Waals surface area contributed by atoms with Crippen LogP contribution in [0.15, 0.2) is 12.7 Å². The van der Waals surface area contributed by atoms with E-state index in [0.29, 0.717) is 13.2 Å². The fraction of sp³-hybridized carbons (Fsp3) is 0.857. The molecule has 0 heterocycles. The van der Waals surface area contributed by atoms with Crippen LogP contribution in [0.25, 0.3) is 0 Å². The molecule has 0 radical (unpaired) electrons. The number of carbonyl (C=O) groups excluding carboxylic acids is 1. The highest BCUT2D eigenvalue weighted by Gasteiger charge is 2.20. The van der Waals surface area contributed by atoms with Crippen LogP contribution in [0.1, 0.15) is 61.3 Å². The monoisotopic (exact) mass is 388 g/mol. The molecule has 0 aliphatic rings. The molecule has 6 nitrogen and oxygen atoms in total. The van der Waals surface area contributed by atoms with Gasteiger partial charge in [-0.25, -0.2) is 4.79 Å². The Kier molecular flexibility index (Phi) is 13.6. The predicted octanol–water partition coefficient (Wildman–Crippen LogP) is 3.91. The van der Waals surface area contributed by atoms with Gasteiger partial charge in [0.1, 0.15) is 6.10 Å². The third-order valence-electron chi connectivity index (χ3n) is 4.33. The zero-order valence-electron chi connectivity index (χ0n) is 18.3. The van der Waals surface area contributed by atoms with Crippen molar-refractivity contribution in [2.45, 2.75) is 91.3 Å².